The van der Waals surface area contributed by atoms with Crippen molar-refractivity contribution in [3.63, 3.8) is 0 Å². The Bertz CT molecular complexity index is 562. The predicted molar refractivity (Wildman–Crippen MR) is 108 cm³/mol. The summed E-state index contributed by atoms with van der Waals surface area (Å²) in [6.45, 7) is 0. The highest BCUT2D eigenvalue weighted by molar-refractivity contribution is 5.75. The van der Waals surface area contributed by atoms with Crippen LogP contribution in [0.3, 0.4) is 0 Å². The monoisotopic (exact) mass is 375 g/mol. The lowest BCUT2D eigenvalue weighted by Crippen LogP contribution is -2.21. The zero-order valence-corrected chi connectivity index (χ0v) is 17.0. The lowest BCUT2D eigenvalue weighted by atomic mass is 9.88. The van der Waals surface area contributed by atoms with Gasteiger partial charge in [-0.05, 0) is 62.7 Å². The van der Waals surface area contributed by atoms with Crippen molar-refractivity contribution >= 4 is 5.91 Å². The SMILES string of the molecule is CN(C)C(=O)CCCCC1=C[C@H]2C[C@@H](O)[C@H](/C=C/[C@H](O)C3CCCC3)[C@H]2C1. The molecule has 4 nitrogen and oxygen atoms in total. The first kappa shape index (κ1) is 20.6. The van der Waals surface area contributed by atoms with Crippen LogP contribution in [0.25, 0.3) is 0 Å². The van der Waals surface area contributed by atoms with Crippen molar-refractivity contribution in [1.29, 1.82) is 0 Å². The second-order valence-electron chi connectivity index (χ2n) is 9.15. The van der Waals surface area contributed by atoms with Crippen LogP contribution in [0.5, 0.6) is 0 Å². The molecule has 2 N–H and O–H groups in total. The molecule has 2 saturated carbocycles. The van der Waals surface area contributed by atoms with E-state index in [9.17, 15) is 15.0 Å². The van der Waals surface area contributed by atoms with Crippen molar-refractivity contribution in [3.05, 3.63) is 23.8 Å². The molecule has 0 saturated heterocycles. The van der Waals surface area contributed by atoms with Crippen molar-refractivity contribution in [3.8, 4) is 0 Å². The van der Waals surface area contributed by atoms with Gasteiger partial charge in [-0.1, -0.05) is 36.6 Å². The van der Waals surface area contributed by atoms with Crippen LogP contribution in [0.15, 0.2) is 23.8 Å². The zero-order chi connectivity index (χ0) is 19.4. The minimum absolute atomic E-state index is 0.176. The van der Waals surface area contributed by atoms with E-state index in [1.54, 1.807) is 4.90 Å². The second-order valence-corrected chi connectivity index (χ2v) is 9.15. The van der Waals surface area contributed by atoms with E-state index in [0.717, 1.165) is 44.9 Å². The molecule has 0 aromatic rings. The van der Waals surface area contributed by atoms with Gasteiger partial charge in [0.1, 0.15) is 0 Å². The Hall–Kier alpha value is -1.13. The fourth-order valence-corrected chi connectivity index (χ4v) is 5.34. The third kappa shape index (κ3) is 5.23. The molecule has 0 aromatic carbocycles. The Kier molecular flexibility index (Phi) is 7.16. The summed E-state index contributed by atoms with van der Waals surface area (Å²) in [5.41, 5.74) is 1.50. The number of unbranched alkanes of at least 4 members (excludes halogenated alkanes) is 1. The fourth-order valence-electron chi connectivity index (χ4n) is 5.34. The Balaban J connectivity index is 1.45. The first-order chi connectivity index (χ1) is 13.0. The minimum atomic E-state index is -0.346. The van der Waals surface area contributed by atoms with Gasteiger partial charge in [0.15, 0.2) is 0 Å². The van der Waals surface area contributed by atoms with Crippen LogP contribution in [-0.4, -0.2) is 47.3 Å². The molecule has 1 amide bonds. The number of fused-ring (bicyclic) bond motifs is 1. The summed E-state index contributed by atoms with van der Waals surface area (Å²) in [6.07, 6.45) is 16.2. The van der Waals surface area contributed by atoms with Crippen molar-refractivity contribution < 1.29 is 15.0 Å². The number of nitrogens with zero attached hydrogens (tertiary/aromatic N) is 1. The van der Waals surface area contributed by atoms with Gasteiger partial charge in [-0.2, -0.15) is 0 Å². The van der Waals surface area contributed by atoms with E-state index in [1.807, 2.05) is 20.2 Å². The van der Waals surface area contributed by atoms with E-state index in [0.29, 0.717) is 24.2 Å². The highest BCUT2D eigenvalue weighted by Gasteiger charge is 2.43. The molecule has 2 fully saturated rings. The van der Waals surface area contributed by atoms with Gasteiger partial charge >= 0.3 is 0 Å². The first-order valence-electron chi connectivity index (χ1n) is 10.9. The fraction of sp³-hybridized carbons (Fsp3) is 0.783. The number of hydrogen-bond acceptors (Lipinski definition) is 3. The van der Waals surface area contributed by atoms with Gasteiger partial charge in [0.25, 0.3) is 0 Å². The molecular formula is C23H37NO3. The van der Waals surface area contributed by atoms with Crippen molar-refractivity contribution in [1.82, 2.24) is 4.90 Å². The van der Waals surface area contributed by atoms with Crippen molar-refractivity contribution in [2.75, 3.05) is 14.1 Å². The van der Waals surface area contributed by atoms with Gasteiger partial charge < -0.3 is 15.1 Å². The summed E-state index contributed by atoms with van der Waals surface area (Å²) in [7, 11) is 3.62. The van der Waals surface area contributed by atoms with Gasteiger partial charge in [-0.15, -0.1) is 0 Å². The number of rotatable bonds is 8. The lowest BCUT2D eigenvalue weighted by Gasteiger charge is -2.20. The molecule has 3 aliphatic rings. The summed E-state index contributed by atoms with van der Waals surface area (Å²) in [6, 6.07) is 0. The average Bonchev–Trinajstić information content (AvgIpc) is 3.33. The molecule has 3 aliphatic carbocycles. The quantitative estimate of drug-likeness (QED) is 0.502. The lowest BCUT2D eigenvalue weighted by molar-refractivity contribution is -0.128. The highest BCUT2D eigenvalue weighted by Crippen LogP contribution is 2.48. The van der Waals surface area contributed by atoms with Crippen LogP contribution < -0.4 is 0 Å². The molecule has 4 heteroatoms. The molecule has 27 heavy (non-hydrogen) atoms. The van der Waals surface area contributed by atoms with Gasteiger partial charge in [-0.3, -0.25) is 4.79 Å². The molecule has 0 radical (unpaired) electrons. The van der Waals surface area contributed by atoms with Gasteiger partial charge in [0, 0.05) is 26.4 Å². The number of carbonyl (C=O) groups excluding carboxylic acids is 1. The smallest absolute Gasteiger partial charge is 0.222 e. The Morgan fingerprint density at radius 2 is 2.04 bits per heavy atom. The summed E-state index contributed by atoms with van der Waals surface area (Å²) in [5.74, 6) is 1.77. The number of carbonyl (C=O) groups is 1. The minimum Gasteiger partial charge on any atom is -0.392 e. The Morgan fingerprint density at radius 3 is 2.74 bits per heavy atom. The number of amides is 1. The predicted octanol–water partition coefficient (Wildman–Crippen LogP) is 3.69. The standard InChI is InChI=1S/C23H37NO3/c1-24(2)23(27)10-6-3-7-16-13-18-15-22(26)19(20(18)14-16)11-12-21(25)17-8-4-5-9-17/h11-13,17-22,25-26H,3-10,14-15H2,1-2H3/b12-11+/t18-,19+,20-,21-,22+/m0/s1. The number of aliphatic hydroxyl groups excluding tert-OH is 2. The molecule has 3 rings (SSSR count). The van der Waals surface area contributed by atoms with E-state index >= 15 is 0 Å². The average molecular weight is 376 g/mol. The van der Waals surface area contributed by atoms with Gasteiger partial charge in [-0.25, -0.2) is 0 Å². The summed E-state index contributed by atoms with van der Waals surface area (Å²) in [4.78, 5) is 13.3. The Labute approximate surface area is 164 Å². The number of hydrogen-bond donors (Lipinski definition) is 2. The maximum atomic E-state index is 11.7. The van der Waals surface area contributed by atoms with Crippen molar-refractivity contribution in [2.24, 2.45) is 23.7 Å². The van der Waals surface area contributed by atoms with Crippen LogP contribution in [0.4, 0.5) is 0 Å². The zero-order valence-electron chi connectivity index (χ0n) is 17.0. The summed E-state index contributed by atoms with van der Waals surface area (Å²) < 4.78 is 0. The molecule has 0 aliphatic heterocycles. The first-order valence-corrected chi connectivity index (χ1v) is 10.9. The summed E-state index contributed by atoms with van der Waals surface area (Å²) >= 11 is 0. The van der Waals surface area contributed by atoms with E-state index < -0.39 is 0 Å². The largest absolute Gasteiger partial charge is 0.392 e. The molecule has 0 unspecified atom stereocenters. The molecule has 0 bridgehead atoms. The molecule has 152 valence electrons. The molecule has 0 heterocycles. The van der Waals surface area contributed by atoms with Crippen LogP contribution in [-0.2, 0) is 4.79 Å². The molecule has 5 atom stereocenters. The maximum Gasteiger partial charge on any atom is 0.222 e. The van der Waals surface area contributed by atoms with Crippen LogP contribution in [0, 0.1) is 23.7 Å². The van der Waals surface area contributed by atoms with E-state index in [4.69, 9.17) is 0 Å². The van der Waals surface area contributed by atoms with Crippen LogP contribution >= 0.6 is 0 Å². The normalized spacial score (nSPS) is 32.1. The van der Waals surface area contributed by atoms with Crippen molar-refractivity contribution in [2.45, 2.75) is 76.4 Å². The van der Waals surface area contributed by atoms with Crippen LogP contribution in [0.1, 0.15) is 64.2 Å². The Morgan fingerprint density at radius 1 is 1.30 bits per heavy atom. The van der Waals surface area contributed by atoms with Crippen LogP contribution in [0.2, 0.25) is 0 Å². The third-order valence-corrected chi connectivity index (χ3v) is 7.00. The molecular weight excluding hydrogens is 338 g/mol. The van der Waals surface area contributed by atoms with E-state index in [-0.39, 0.29) is 24.0 Å². The van der Waals surface area contributed by atoms with Gasteiger partial charge in [0.2, 0.25) is 5.91 Å². The van der Waals surface area contributed by atoms with Gasteiger partial charge in [0.05, 0.1) is 12.2 Å². The topological polar surface area (TPSA) is 60.8 Å². The summed E-state index contributed by atoms with van der Waals surface area (Å²) in [5, 5.41) is 20.9. The van der Waals surface area contributed by atoms with E-state index in [2.05, 4.69) is 12.2 Å². The highest BCUT2D eigenvalue weighted by atomic mass is 16.3. The maximum absolute atomic E-state index is 11.7. The number of allylic oxidation sites excluding steroid dienone is 2. The molecule has 0 aromatic heterocycles. The molecule has 0 spiro atoms. The third-order valence-electron chi connectivity index (χ3n) is 7.00. The second kappa shape index (κ2) is 9.38. The number of aliphatic hydroxyl groups is 2. The van der Waals surface area contributed by atoms with E-state index in [1.165, 1.54) is 18.4 Å².